The largest absolute Gasteiger partial charge is 0.481 e. The minimum Gasteiger partial charge on any atom is -0.481 e. The second kappa shape index (κ2) is 16.2. The molecule has 0 radical (unpaired) electrons. The Morgan fingerprint density at radius 1 is 1.00 bits per heavy atom. The maximum atomic E-state index is 11.7. The van der Waals surface area contributed by atoms with Crippen LogP contribution in [0.5, 0.6) is 0 Å². The van der Waals surface area contributed by atoms with Crippen molar-refractivity contribution < 1.29 is 19.5 Å². The van der Waals surface area contributed by atoms with Crippen molar-refractivity contribution in [3.8, 4) is 0 Å². The van der Waals surface area contributed by atoms with Crippen LogP contribution in [0.25, 0.3) is 0 Å². The van der Waals surface area contributed by atoms with Crippen LogP contribution in [0.3, 0.4) is 0 Å². The van der Waals surface area contributed by atoms with Gasteiger partial charge in [0, 0.05) is 11.6 Å². The fourth-order valence-electron chi connectivity index (χ4n) is 2.58. The molecule has 0 aromatic heterocycles. The molecule has 0 fully saturated rings. The van der Waals surface area contributed by atoms with E-state index in [1.165, 1.54) is 32.1 Å². The molecule has 0 aliphatic carbocycles. The number of carboxylic acids is 1. The highest BCUT2D eigenvalue weighted by Crippen LogP contribution is 2.11. The molecule has 0 heterocycles. The first-order valence-electron chi connectivity index (χ1n) is 9.24. The van der Waals surface area contributed by atoms with Gasteiger partial charge in [-0.3, -0.25) is 14.4 Å². The van der Waals surface area contributed by atoms with Crippen molar-refractivity contribution in [2.45, 2.75) is 83.1 Å². The summed E-state index contributed by atoms with van der Waals surface area (Å²) in [6.07, 6.45) is 12.4. The number of nitrogens with zero attached hydrogens (tertiary/aromatic N) is 1. The molecule has 2 N–H and O–H groups in total. The van der Waals surface area contributed by atoms with Gasteiger partial charge in [-0.2, -0.15) is 0 Å². The van der Waals surface area contributed by atoms with E-state index in [4.69, 9.17) is 5.11 Å². The summed E-state index contributed by atoms with van der Waals surface area (Å²) in [5, 5.41) is 13.1. The molecule has 0 saturated heterocycles. The van der Waals surface area contributed by atoms with Crippen molar-refractivity contribution in [1.82, 2.24) is 5.32 Å². The Hall–Kier alpha value is -2.27. The van der Waals surface area contributed by atoms with Gasteiger partial charge in [0.05, 0.1) is 6.42 Å². The molecule has 146 valence electrons. The Bertz CT molecular complexity index is 498. The van der Waals surface area contributed by atoms with Crippen LogP contribution in [0.1, 0.15) is 77.0 Å². The summed E-state index contributed by atoms with van der Waals surface area (Å²) >= 11 is 0. The number of carbonyl (C=O) groups excluding carboxylic acids is 2. The molecule has 0 spiro atoms. The SMILES string of the molecule is C=C=CCCCCCCCCCCCC(=O)N[C@@H](CC(=O)O)C(=O)N=O. The zero-order valence-corrected chi connectivity index (χ0v) is 15.4. The molecule has 26 heavy (non-hydrogen) atoms. The fraction of sp³-hybridized carbons (Fsp3) is 0.684. The van der Waals surface area contributed by atoms with Crippen LogP contribution in [0.15, 0.2) is 23.6 Å². The standard InChI is InChI=1S/C19H30N2O5/c1-2-3-4-5-6-7-8-9-10-11-12-13-14-17(22)20-16(15-18(23)24)19(25)21-26/h3,16H,1,4-15H2,(H,20,22)(H,23,24)/t16-/m0/s1. The third-order valence-electron chi connectivity index (χ3n) is 4.00. The van der Waals surface area contributed by atoms with E-state index in [1.807, 2.05) is 6.08 Å². The number of aliphatic carboxylic acids is 1. The molecule has 0 rings (SSSR count). The normalized spacial score (nSPS) is 11.2. The summed E-state index contributed by atoms with van der Waals surface area (Å²) in [5.41, 5.74) is 2.77. The van der Waals surface area contributed by atoms with E-state index in [0.717, 1.165) is 25.7 Å². The molecule has 7 nitrogen and oxygen atoms in total. The van der Waals surface area contributed by atoms with Crippen LogP contribution < -0.4 is 5.32 Å². The first-order valence-corrected chi connectivity index (χ1v) is 9.24. The van der Waals surface area contributed by atoms with Crippen molar-refractivity contribution in [1.29, 1.82) is 0 Å². The summed E-state index contributed by atoms with van der Waals surface area (Å²) in [6, 6.07) is -1.38. The number of amides is 2. The third-order valence-corrected chi connectivity index (χ3v) is 4.00. The number of nitroso groups, excluding NO2 is 1. The lowest BCUT2D eigenvalue weighted by Crippen LogP contribution is -2.41. The molecule has 0 aromatic rings. The Kier molecular flexibility index (Phi) is 14.8. The summed E-state index contributed by atoms with van der Waals surface area (Å²) in [6.45, 7) is 3.53. The van der Waals surface area contributed by atoms with E-state index in [2.05, 4.69) is 22.8 Å². The number of carbonyl (C=O) groups is 3. The van der Waals surface area contributed by atoms with E-state index >= 15 is 0 Å². The summed E-state index contributed by atoms with van der Waals surface area (Å²) in [5.74, 6) is -2.87. The minimum absolute atomic E-state index is 0.207. The van der Waals surface area contributed by atoms with Gasteiger partial charge in [-0.25, -0.2) is 0 Å². The lowest BCUT2D eigenvalue weighted by molar-refractivity contribution is -0.140. The van der Waals surface area contributed by atoms with Crippen LogP contribution in [-0.2, 0) is 14.4 Å². The van der Waals surface area contributed by atoms with Crippen LogP contribution in [0.2, 0.25) is 0 Å². The molecular formula is C19H30N2O5. The molecule has 0 saturated carbocycles. The van der Waals surface area contributed by atoms with Gasteiger partial charge in [0.1, 0.15) is 6.04 Å². The topological polar surface area (TPSA) is 113 Å². The predicted molar refractivity (Wildman–Crippen MR) is 99.5 cm³/mol. The number of carboxylic acid groups (broad SMARTS) is 1. The van der Waals surface area contributed by atoms with Crippen molar-refractivity contribution in [2.75, 3.05) is 0 Å². The lowest BCUT2D eigenvalue weighted by Gasteiger charge is -2.12. The van der Waals surface area contributed by atoms with Gasteiger partial charge in [-0.1, -0.05) is 51.5 Å². The first kappa shape index (κ1) is 23.7. The Morgan fingerprint density at radius 3 is 2.04 bits per heavy atom. The van der Waals surface area contributed by atoms with E-state index in [-0.39, 0.29) is 6.42 Å². The van der Waals surface area contributed by atoms with Gasteiger partial charge in [0.25, 0.3) is 0 Å². The van der Waals surface area contributed by atoms with Gasteiger partial charge >= 0.3 is 11.9 Å². The lowest BCUT2D eigenvalue weighted by atomic mass is 10.1. The number of rotatable bonds is 16. The molecule has 0 aliphatic rings. The van der Waals surface area contributed by atoms with Crippen LogP contribution >= 0.6 is 0 Å². The second-order valence-corrected chi connectivity index (χ2v) is 6.28. The third kappa shape index (κ3) is 14.1. The Balaban J connectivity index is 3.66. The smallest absolute Gasteiger partial charge is 0.309 e. The van der Waals surface area contributed by atoms with Gasteiger partial charge in [-0.15, -0.1) is 10.6 Å². The van der Waals surface area contributed by atoms with E-state index in [0.29, 0.717) is 6.42 Å². The summed E-state index contributed by atoms with van der Waals surface area (Å²) in [7, 11) is 0. The highest BCUT2D eigenvalue weighted by atomic mass is 16.4. The van der Waals surface area contributed by atoms with Crippen molar-refractivity contribution in [2.24, 2.45) is 5.18 Å². The Labute approximate surface area is 154 Å². The fourth-order valence-corrected chi connectivity index (χ4v) is 2.58. The molecule has 7 heteroatoms. The molecular weight excluding hydrogens is 336 g/mol. The molecule has 0 aliphatic heterocycles. The molecule has 2 amide bonds. The number of allylic oxidation sites excluding steroid dienone is 1. The minimum atomic E-state index is -1.38. The number of hydrogen-bond donors (Lipinski definition) is 2. The van der Waals surface area contributed by atoms with Crippen LogP contribution in [0, 0.1) is 4.91 Å². The van der Waals surface area contributed by atoms with Crippen molar-refractivity contribution >= 4 is 17.8 Å². The number of hydrogen-bond acceptors (Lipinski definition) is 4. The molecule has 0 bridgehead atoms. The average molecular weight is 366 g/mol. The molecule has 0 aromatic carbocycles. The first-order chi connectivity index (χ1) is 12.5. The van der Waals surface area contributed by atoms with Gasteiger partial charge in [0.2, 0.25) is 5.91 Å². The van der Waals surface area contributed by atoms with Crippen LogP contribution in [-0.4, -0.2) is 28.9 Å². The van der Waals surface area contributed by atoms with Crippen LogP contribution in [0.4, 0.5) is 0 Å². The average Bonchev–Trinajstić information content (AvgIpc) is 2.61. The quantitative estimate of drug-likeness (QED) is 0.244. The maximum absolute atomic E-state index is 11.7. The number of nitrogens with one attached hydrogen (secondary N) is 1. The summed E-state index contributed by atoms with van der Waals surface area (Å²) < 4.78 is 0. The van der Waals surface area contributed by atoms with E-state index in [1.54, 1.807) is 0 Å². The van der Waals surface area contributed by atoms with Gasteiger partial charge in [-0.05, 0) is 25.3 Å². The van der Waals surface area contributed by atoms with Gasteiger partial charge < -0.3 is 10.4 Å². The predicted octanol–water partition coefficient (Wildman–Crippen LogP) is 3.87. The summed E-state index contributed by atoms with van der Waals surface area (Å²) in [4.78, 5) is 43.8. The van der Waals surface area contributed by atoms with E-state index in [9.17, 15) is 19.3 Å². The molecule has 1 atom stereocenters. The number of unbranched alkanes of at least 4 members (excludes halogenated alkanes) is 9. The van der Waals surface area contributed by atoms with Crippen molar-refractivity contribution in [3.63, 3.8) is 0 Å². The molecule has 0 unspecified atom stereocenters. The monoisotopic (exact) mass is 366 g/mol. The highest BCUT2D eigenvalue weighted by Gasteiger charge is 2.24. The maximum Gasteiger partial charge on any atom is 0.309 e. The zero-order chi connectivity index (χ0) is 19.6. The highest BCUT2D eigenvalue weighted by molar-refractivity contribution is 5.90. The van der Waals surface area contributed by atoms with Gasteiger partial charge in [0.15, 0.2) is 0 Å². The Morgan fingerprint density at radius 2 is 1.54 bits per heavy atom. The van der Waals surface area contributed by atoms with E-state index < -0.39 is 30.2 Å². The second-order valence-electron chi connectivity index (χ2n) is 6.28. The van der Waals surface area contributed by atoms with Crippen molar-refractivity contribution in [3.05, 3.63) is 23.3 Å². The zero-order valence-electron chi connectivity index (χ0n) is 15.4.